The predicted octanol–water partition coefficient (Wildman–Crippen LogP) is 3.85. The highest BCUT2D eigenvalue weighted by molar-refractivity contribution is 7.91. The van der Waals surface area contributed by atoms with Crippen molar-refractivity contribution in [3.63, 3.8) is 0 Å². The fraction of sp³-hybridized carbons (Fsp3) is 0.511. The van der Waals surface area contributed by atoms with Crippen molar-refractivity contribution in [2.45, 2.75) is 120 Å². The van der Waals surface area contributed by atoms with Crippen LogP contribution in [-0.4, -0.2) is 107 Å². The zero-order valence-corrected chi connectivity index (χ0v) is 36.6. The number of halogens is 2. The van der Waals surface area contributed by atoms with Gasteiger partial charge in [0.1, 0.15) is 41.2 Å². The summed E-state index contributed by atoms with van der Waals surface area (Å²) in [4.78, 5) is 86.2. The number of sulfonamides is 1. The fourth-order valence-electron chi connectivity index (χ4n) is 9.17. The predicted molar refractivity (Wildman–Crippen MR) is 229 cm³/mol. The van der Waals surface area contributed by atoms with E-state index in [0.29, 0.717) is 31.4 Å². The van der Waals surface area contributed by atoms with E-state index in [-0.39, 0.29) is 24.6 Å². The van der Waals surface area contributed by atoms with Gasteiger partial charge in [0.25, 0.3) is 11.8 Å². The Balaban J connectivity index is 1.09. The van der Waals surface area contributed by atoms with Crippen LogP contribution < -0.4 is 20.7 Å². The van der Waals surface area contributed by atoms with Gasteiger partial charge in [-0.3, -0.25) is 33.7 Å². The topological polar surface area (TPSA) is 218 Å². The molecule has 2 aromatic carbocycles. The van der Waals surface area contributed by atoms with Gasteiger partial charge in [0.15, 0.2) is 0 Å². The number of nitrogens with one attached hydrogen (secondary N) is 4. The molecule has 0 bridgehead atoms. The average Bonchev–Trinajstić information content (AvgIpc) is 4.20. The summed E-state index contributed by atoms with van der Waals surface area (Å²) >= 11 is 0. The lowest BCUT2D eigenvalue weighted by Gasteiger charge is -2.37. The van der Waals surface area contributed by atoms with E-state index in [2.05, 4.69) is 31.1 Å². The molecular weight excluding hydrogens is 851 g/mol. The maximum absolute atomic E-state index is 15.0. The maximum Gasteiger partial charge on any atom is 0.272 e. The Labute approximate surface area is 369 Å². The van der Waals surface area contributed by atoms with E-state index in [0.717, 1.165) is 41.5 Å². The molecule has 1 saturated heterocycles. The molecule has 0 spiro atoms. The quantitative estimate of drug-likeness (QED) is 0.134. The van der Waals surface area contributed by atoms with E-state index < -0.39 is 98.8 Å². The van der Waals surface area contributed by atoms with Crippen molar-refractivity contribution in [3.8, 4) is 11.1 Å². The van der Waals surface area contributed by atoms with Crippen LogP contribution in [0.4, 0.5) is 8.78 Å². The second-order valence-corrected chi connectivity index (χ2v) is 20.5. The summed E-state index contributed by atoms with van der Waals surface area (Å²) in [5.41, 5.74) is 0.767. The number of rotatable bonds is 14. The van der Waals surface area contributed by atoms with Gasteiger partial charge in [-0.05, 0) is 54.6 Å². The van der Waals surface area contributed by atoms with Gasteiger partial charge in [-0.1, -0.05) is 93.7 Å². The van der Waals surface area contributed by atoms with Gasteiger partial charge < -0.3 is 25.7 Å². The molecule has 64 heavy (non-hydrogen) atoms. The number of nitrogens with zero attached hydrogens (tertiary/aromatic N) is 4. The summed E-state index contributed by atoms with van der Waals surface area (Å²) < 4.78 is 56.1. The maximum atomic E-state index is 15.0. The van der Waals surface area contributed by atoms with Crippen LogP contribution in [0.2, 0.25) is 0 Å². The van der Waals surface area contributed by atoms with E-state index in [1.807, 2.05) is 53.3 Å². The van der Waals surface area contributed by atoms with E-state index >= 15 is 4.79 Å². The Bertz CT molecular complexity index is 2410. The van der Waals surface area contributed by atoms with Gasteiger partial charge in [0.05, 0.1) is 23.9 Å². The molecule has 2 heterocycles. The minimum Gasteiger partial charge on any atom is -0.390 e. The van der Waals surface area contributed by atoms with Crippen molar-refractivity contribution >= 4 is 45.3 Å². The number of benzene rings is 2. The third kappa shape index (κ3) is 9.08. The number of carbonyl (C=O) groups excluding carboxylic acids is 5. The molecule has 6 atom stereocenters. The number of aromatic nitrogens is 2. The first kappa shape index (κ1) is 44.7. The normalized spacial score (nSPS) is 23.9. The monoisotopic (exact) mass is 902 g/mol. The number of amides is 5. The van der Waals surface area contributed by atoms with Crippen LogP contribution in [0, 0.1) is 17.3 Å². The highest BCUT2D eigenvalue weighted by Gasteiger charge is 2.67. The van der Waals surface area contributed by atoms with Gasteiger partial charge in [-0.25, -0.2) is 22.2 Å². The summed E-state index contributed by atoms with van der Waals surface area (Å²) in [5.74, 6) is -6.16. The lowest BCUT2D eigenvalue weighted by Crippen LogP contribution is -2.62. The number of alkyl halides is 2. The van der Waals surface area contributed by atoms with Crippen LogP contribution in [0.15, 0.2) is 72.3 Å². The SMILES string of the molecule is CC(C)(C)[C@H](NC(=O)[C@@H](NC(=O)c1cnccn1)C1CCCCC1)C(=O)N1C[C@H](ON=C2c3ccccc3-c3ccccc32)C[C@H]1C(=O)N[C@@]1(C(=O)NS(=O)(=O)C2CC2)C[C@H]1C(F)F. The molecule has 1 aliphatic heterocycles. The Hall–Kier alpha value is -5.85. The molecule has 3 saturated carbocycles. The highest BCUT2D eigenvalue weighted by Crippen LogP contribution is 2.48. The van der Waals surface area contributed by atoms with E-state index in [9.17, 15) is 36.4 Å². The zero-order chi connectivity index (χ0) is 45.6. The second-order valence-electron chi connectivity index (χ2n) is 18.5. The number of oxime groups is 1. The van der Waals surface area contributed by atoms with Crippen molar-refractivity contribution in [2.75, 3.05) is 6.54 Å². The molecule has 19 heteroatoms. The van der Waals surface area contributed by atoms with Crippen molar-refractivity contribution in [1.29, 1.82) is 0 Å². The molecule has 4 N–H and O–H groups in total. The minimum absolute atomic E-state index is 0.00557. The fourth-order valence-corrected chi connectivity index (χ4v) is 10.5. The standard InChI is InChI=1S/C45H52F2N8O8S/c1-44(2,3)37(51-41(58)35(25-11-5-4-6-12-25)50-39(56)33-23-48-19-20-49-33)42(59)55-24-26(63-53-36-30-15-9-7-13-28(30)29-14-8-10-16-31(29)36)21-34(55)40(57)52-45(22-32(45)38(46)47)43(60)54-64(61,62)27-17-18-27/h7-10,13-16,19-20,23,25-27,32,34-35,37-38H,4-6,11-12,17-18,21-22,24H2,1-3H3,(H,50,56)(H,51,58)(H,52,57)(H,54,60)/t26-,32+,34+,35+,37-,45+/m1/s1. The lowest BCUT2D eigenvalue weighted by atomic mass is 9.82. The number of carbonyl (C=O) groups is 5. The van der Waals surface area contributed by atoms with Crippen LogP contribution in [0.25, 0.3) is 11.1 Å². The largest absolute Gasteiger partial charge is 0.390 e. The van der Waals surface area contributed by atoms with Gasteiger partial charge in [0, 0.05) is 29.9 Å². The first-order valence-corrected chi connectivity index (χ1v) is 23.3. The third-order valence-electron chi connectivity index (χ3n) is 13.0. The third-order valence-corrected chi connectivity index (χ3v) is 14.8. The van der Waals surface area contributed by atoms with Crippen molar-refractivity contribution in [3.05, 3.63) is 83.9 Å². The molecule has 340 valence electrons. The number of hydrogen-bond donors (Lipinski definition) is 4. The summed E-state index contributed by atoms with van der Waals surface area (Å²) in [5, 5.41) is 11.9. The summed E-state index contributed by atoms with van der Waals surface area (Å²) in [6, 6.07) is 11.5. The number of hydrogen-bond acceptors (Lipinski definition) is 11. The number of likely N-dealkylation sites (tertiary alicyclic amines) is 1. The number of fused-ring (bicyclic) bond motifs is 3. The molecule has 16 nitrogen and oxygen atoms in total. The van der Waals surface area contributed by atoms with Gasteiger partial charge in [0.2, 0.25) is 34.2 Å². The van der Waals surface area contributed by atoms with Gasteiger partial charge in [-0.15, -0.1) is 0 Å². The lowest BCUT2D eigenvalue weighted by molar-refractivity contribution is -0.145. The van der Waals surface area contributed by atoms with E-state index in [4.69, 9.17) is 4.84 Å². The summed E-state index contributed by atoms with van der Waals surface area (Å²) in [6.45, 7) is 4.94. The molecule has 8 rings (SSSR count). The smallest absolute Gasteiger partial charge is 0.272 e. The van der Waals surface area contributed by atoms with Crippen molar-refractivity contribution in [1.82, 2.24) is 35.5 Å². The Morgan fingerprint density at radius 3 is 2.09 bits per heavy atom. The first-order valence-electron chi connectivity index (χ1n) is 21.8. The summed E-state index contributed by atoms with van der Waals surface area (Å²) in [6.07, 6.45) is 3.87. The van der Waals surface area contributed by atoms with Crippen LogP contribution in [0.5, 0.6) is 0 Å². The molecule has 4 aliphatic carbocycles. The van der Waals surface area contributed by atoms with Gasteiger partial charge >= 0.3 is 0 Å². The van der Waals surface area contributed by atoms with Gasteiger partial charge in [-0.2, -0.15) is 0 Å². The molecule has 0 unspecified atom stereocenters. The molecule has 5 amide bonds. The van der Waals surface area contributed by atoms with Crippen LogP contribution in [0.3, 0.4) is 0 Å². The second kappa shape index (κ2) is 17.6. The Morgan fingerprint density at radius 1 is 0.891 bits per heavy atom. The van der Waals surface area contributed by atoms with Crippen LogP contribution in [0.1, 0.15) is 100 Å². The average molecular weight is 903 g/mol. The molecule has 3 aromatic rings. The van der Waals surface area contributed by atoms with Crippen LogP contribution >= 0.6 is 0 Å². The molecule has 4 fully saturated rings. The zero-order valence-electron chi connectivity index (χ0n) is 35.8. The van der Waals surface area contributed by atoms with E-state index in [1.54, 1.807) is 20.8 Å². The Morgan fingerprint density at radius 2 is 1.53 bits per heavy atom. The molecule has 5 aliphatic rings. The molecular formula is C45H52F2N8O8S. The molecule has 0 radical (unpaired) electrons. The molecule has 1 aromatic heterocycles. The first-order chi connectivity index (χ1) is 30.5. The summed E-state index contributed by atoms with van der Waals surface area (Å²) in [7, 11) is -4.17. The highest BCUT2D eigenvalue weighted by atomic mass is 32.2. The Kier molecular flexibility index (Phi) is 12.3. The van der Waals surface area contributed by atoms with E-state index in [1.165, 1.54) is 23.5 Å². The minimum atomic E-state index is -4.17. The van der Waals surface area contributed by atoms with Crippen molar-refractivity contribution in [2.24, 2.45) is 22.4 Å². The van der Waals surface area contributed by atoms with Crippen LogP contribution in [-0.2, 0) is 34.0 Å². The van der Waals surface area contributed by atoms with Crippen molar-refractivity contribution < 1.29 is 46.0 Å².